The molecule has 5 heavy (non-hydrogen) atoms. The third-order valence-electron chi connectivity index (χ3n) is 0.224. The Hall–Kier alpha value is 1.61. The van der Waals surface area contributed by atoms with Crippen LogP contribution in [0.5, 0.6) is 0 Å². The largest absolute Gasteiger partial charge is 1.00 e. The van der Waals surface area contributed by atoms with E-state index in [0.29, 0.717) is 0 Å². The zero-order valence-corrected chi connectivity index (χ0v) is 10.7. The number of hydrogen-bond acceptors (Lipinski definition) is 1. The minimum Gasteiger partial charge on any atom is -1.00 e. The van der Waals surface area contributed by atoms with Crippen LogP contribution in [-0.4, -0.2) is 32.4 Å². The van der Waals surface area contributed by atoms with E-state index in [1.807, 2.05) is 0 Å². The van der Waals surface area contributed by atoms with E-state index in [1.165, 1.54) is 9.76 Å². The van der Waals surface area contributed by atoms with Crippen LogP contribution in [0.15, 0.2) is 0 Å². The summed E-state index contributed by atoms with van der Waals surface area (Å²) < 4.78 is 0. The van der Waals surface area contributed by atoms with Gasteiger partial charge in [-0.25, -0.2) is 0 Å². The summed E-state index contributed by atoms with van der Waals surface area (Å²) >= 11 is 0. The monoisotopic (exact) mass is 132 g/mol. The van der Waals surface area contributed by atoms with Gasteiger partial charge >= 0.3 is 29.6 Å². The van der Waals surface area contributed by atoms with Crippen molar-refractivity contribution < 1.29 is 35.8 Å². The standard InChI is InChI=1S/Na.H8OSi3.H/c;1-3-4-2;/h;1H,3-4H2,2H3;/q+1;;-1. The minimum absolute atomic E-state index is 0. The molecule has 0 fully saturated rings. The maximum atomic E-state index is 8.11. The molecule has 0 bridgehead atoms. The molecule has 1 nitrogen and oxygen atoms in total. The first-order valence-electron chi connectivity index (χ1n) is 1.52. The molecule has 0 saturated carbocycles. The quantitative estimate of drug-likeness (QED) is 0.352. The maximum absolute atomic E-state index is 8.11. The van der Waals surface area contributed by atoms with Gasteiger partial charge < -0.3 is 6.22 Å². The molecular formula is H9NaOSi3. The average molecular weight is 132 g/mol. The van der Waals surface area contributed by atoms with Crippen molar-refractivity contribution in [2.75, 3.05) is 0 Å². The summed E-state index contributed by atoms with van der Waals surface area (Å²) in [5.41, 5.74) is 0. The molecule has 0 saturated heterocycles. The van der Waals surface area contributed by atoms with E-state index in [9.17, 15) is 0 Å². The van der Waals surface area contributed by atoms with Gasteiger partial charge in [0.2, 0.25) is 0 Å². The van der Waals surface area contributed by atoms with Gasteiger partial charge in [-0.3, -0.25) is 0 Å². The van der Waals surface area contributed by atoms with Crippen LogP contribution in [0.1, 0.15) is 1.43 Å². The van der Waals surface area contributed by atoms with E-state index in [4.69, 9.17) is 4.80 Å². The van der Waals surface area contributed by atoms with Gasteiger partial charge in [0.25, 0.3) is 0 Å². The van der Waals surface area contributed by atoms with Crippen LogP contribution in [0, 0.1) is 0 Å². The summed E-state index contributed by atoms with van der Waals surface area (Å²) in [6.07, 6.45) is 0. The summed E-state index contributed by atoms with van der Waals surface area (Å²) in [7, 11) is 1.22. The Bertz CT molecular complexity index is 12.8. The second-order valence-electron chi connectivity index (χ2n) is 0.724. The minimum atomic E-state index is -0.375. The van der Waals surface area contributed by atoms with Crippen molar-refractivity contribution in [3.8, 4) is 0 Å². The SMILES string of the molecule is O[SiH2][SiH2][SiH3].[H-].[Na+]. The Labute approximate surface area is 63.1 Å². The van der Waals surface area contributed by atoms with Gasteiger partial charge in [0, 0.05) is 8.55 Å². The first kappa shape index (κ1) is 9.79. The Morgan fingerprint density at radius 3 is 2.00 bits per heavy atom. The van der Waals surface area contributed by atoms with Crippen molar-refractivity contribution in [3.05, 3.63) is 0 Å². The molecule has 0 rings (SSSR count). The molecule has 1 N–H and O–H groups in total. The van der Waals surface area contributed by atoms with Crippen molar-refractivity contribution in [1.29, 1.82) is 0 Å². The Morgan fingerprint density at radius 2 is 2.00 bits per heavy atom. The summed E-state index contributed by atoms with van der Waals surface area (Å²) in [5.74, 6) is 0. The Kier molecular flexibility index (Phi) is 17.9. The molecule has 0 atom stereocenters. The number of hydrogen-bond donors (Lipinski definition) is 1. The summed E-state index contributed by atoms with van der Waals surface area (Å²) in [5, 5.41) is 0. The van der Waals surface area contributed by atoms with E-state index in [2.05, 4.69) is 0 Å². The van der Waals surface area contributed by atoms with Gasteiger partial charge in [-0.05, 0) is 9.76 Å². The van der Waals surface area contributed by atoms with E-state index < -0.39 is 0 Å². The summed E-state index contributed by atoms with van der Waals surface area (Å²) in [4.78, 5) is 8.11. The van der Waals surface area contributed by atoms with Crippen LogP contribution in [0.3, 0.4) is 0 Å². The fourth-order valence-corrected chi connectivity index (χ4v) is 0. The van der Waals surface area contributed by atoms with Crippen LogP contribution in [-0.2, 0) is 0 Å². The van der Waals surface area contributed by atoms with Crippen LogP contribution in [0.2, 0.25) is 0 Å². The summed E-state index contributed by atoms with van der Waals surface area (Å²) in [6.45, 7) is 0. The van der Waals surface area contributed by atoms with Gasteiger partial charge in [0.05, 0.1) is 0 Å². The first-order valence-corrected chi connectivity index (χ1v) is 11.8. The second-order valence-corrected chi connectivity index (χ2v) is 15.5. The molecule has 28 valence electrons. The molecule has 0 aromatic heterocycles. The molecule has 0 spiro atoms. The van der Waals surface area contributed by atoms with E-state index >= 15 is 0 Å². The van der Waals surface area contributed by atoms with Crippen LogP contribution in [0.4, 0.5) is 0 Å². The molecule has 0 aliphatic carbocycles. The first-order chi connectivity index (χ1) is 1.91. The van der Waals surface area contributed by atoms with Crippen molar-refractivity contribution >= 4 is 27.6 Å². The molecule has 5 heteroatoms. The molecule has 0 aromatic rings. The van der Waals surface area contributed by atoms with Crippen molar-refractivity contribution in [2.45, 2.75) is 0 Å². The fourth-order valence-electron chi connectivity index (χ4n) is 0. The van der Waals surface area contributed by atoms with Crippen LogP contribution < -0.4 is 29.6 Å². The van der Waals surface area contributed by atoms with Crippen molar-refractivity contribution in [2.24, 2.45) is 0 Å². The van der Waals surface area contributed by atoms with Gasteiger partial charge in [-0.2, -0.15) is 0 Å². The van der Waals surface area contributed by atoms with E-state index in [0.717, 1.165) is 0 Å². The van der Waals surface area contributed by atoms with Gasteiger partial charge in [0.1, 0.15) is 9.28 Å². The van der Waals surface area contributed by atoms with Crippen molar-refractivity contribution in [1.82, 2.24) is 0 Å². The molecular weight excluding hydrogens is 123 g/mol. The normalized spacial score (nSPS) is 11.4. The maximum Gasteiger partial charge on any atom is 1.00 e. The number of rotatable bonds is 1. The van der Waals surface area contributed by atoms with Gasteiger partial charge in [0.15, 0.2) is 0 Å². The van der Waals surface area contributed by atoms with E-state index in [-0.39, 0.29) is 48.8 Å². The molecule has 0 aliphatic heterocycles. The van der Waals surface area contributed by atoms with Gasteiger partial charge in [-0.15, -0.1) is 0 Å². The molecule has 0 heterocycles. The van der Waals surface area contributed by atoms with Crippen molar-refractivity contribution in [3.63, 3.8) is 0 Å². The summed E-state index contributed by atoms with van der Waals surface area (Å²) in [6, 6.07) is 0. The molecule has 0 radical (unpaired) electrons. The Morgan fingerprint density at radius 1 is 1.80 bits per heavy atom. The van der Waals surface area contributed by atoms with Crippen LogP contribution in [0.25, 0.3) is 0 Å². The predicted octanol–water partition coefficient (Wildman–Crippen LogP) is -6.46. The predicted molar refractivity (Wildman–Crippen MR) is 30.4 cm³/mol. The Balaban J connectivity index is -0.0000000450. The molecule has 0 aromatic carbocycles. The topological polar surface area (TPSA) is 20.2 Å². The average Bonchev–Trinajstić information content (AvgIpc) is 1.37. The zero-order chi connectivity index (χ0) is 3.41. The third kappa shape index (κ3) is 10.7. The molecule has 0 amide bonds. The molecule has 0 unspecified atom stereocenters. The zero-order valence-electron chi connectivity index (χ0n) is 4.86. The second kappa shape index (κ2) is 9.15. The van der Waals surface area contributed by atoms with Gasteiger partial charge in [-0.1, -0.05) is 0 Å². The molecule has 0 aliphatic rings. The fraction of sp³-hybridized carbons (Fsp3) is 0. The van der Waals surface area contributed by atoms with Crippen LogP contribution >= 0.6 is 0 Å². The third-order valence-corrected chi connectivity index (χ3v) is 6.04. The smallest absolute Gasteiger partial charge is 1.00 e. The van der Waals surface area contributed by atoms with E-state index in [1.54, 1.807) is 0 Å².